The third kappa shape index (κ3) is 4.44. The Balaban J connectivity index is 1.76. The van der Waals surface area contributed by atoms with Crippen molar-refractivity contribution in [1.29, 1.82) is 0 Å². The van der Waals surface area contributed by atoms with Gasteiger partial charge in [0.2, 0.25) is 0 Å². The van der Waals surface area contributed by atoms with Gasteiger partial charge in [-0.25, -0.2) is 4.39 Å². The van der Waals surface area contributed by atoms with Crippen molar-refractivity contribution in [1.82, 2.24) is 4.90 Å². The Bertz CT molecular complexity index is 391. The molecule has 1 aliphatic heterocycles. The number of hydrogen-bond acceptors (Lipinski definition) is 4. The van der Waals surface area contributed by atoms with Crippen molar-refractivity contribution >= 4 is 5.69 Å². The first-order valence-corrected chi connectivity index (χ1v) is 7.17. The van der Waals surface area contributed by atoms with Crippen molar-refractivity contribution in [3.63, 3.8) is 0 Å². The Labute approximate surface area is 119 Å². The summed E-state index contributed by atoms with van der Waals surface area (Å²) in [6.45, 7) is 7.20. The van der Waals surface area contributed by atoms with Crippen molar-refractivity contribution in [3.8, 4) is 0 Å². The monoisotopic (exact) mass is 282 g/mol. The van der Waals surface area contributed by atoms with Crippen molar-refractivity contribution in [2.75, 3.05) is 50.8 Å². The average Bonchev–Trinajstić information content (AvgIpc) is 2.47. The number of hydrogen-bond donors (Lipinski definition) is 1. The zero-order valence-electron chi connectivity index (χ0n) is 12.0. The molecule has 0 radical (unpaired) electrons. The second-order valence-electron chi connectivity index (χ2n) is 5.08. The lowest BCUT2D eigenvalue weighted by Crippen LogP contribution is -2.49. The molecule has 1 unspecified atom stereocenters. The Morgan fingerprint density at radius 2 is 1.85 bits per heavy atom. The van der Waals surface area contributed by atoms with Gasteiger partial charge >= 0.3 is 0 Å². The Morgan fingerprint density at radius 3 is 2.45 bits per heavy atom. The molecule has 0 aromatic heterocycles. The van der Waals surface area contributed by atoms with Crippen LogP contribution in [-0.4, -0.2) is 62.0 Å². The van der Waals surface area contributed by atoms with Gasteiger partial charge in [-0.2, -0.15) is 0 Å². The standard InChI is InChI=1S/C15H23FN2O2/c1-2-20-12-15(19)11-17-7-9-18(10-8-17)14-5-3-13(16)4-6-14/h3-6,15,19H,2,7-12H2,1H3. The molecule has 1 N–H and O–H groups in total. The molecule has 0 saturated carbocycles. The molecule has 4 nitrogen and oxygen atoms in total. The fourth-order valence-electron chi connectivity index (χ4n) is 2.45. The van der Waals surface area contributed by atoms with Crippen molar-refractivity contribution in [3.05, 3.63) is 30.1 Å². The van der Waals surface area contributed by atoms with Gasteiger partial charge < -0.3 is 14.7 Å². The molecule has 112 valence electrons. The number of aliphatic hydroxyl groups is 1. The smallest absolute Gasteiger partial charge is 0.123 e. The van der Waals surface area contributed by atoms with Gasteiger partial charge in [0.15, 0.2) is 0 Å². The molecule has 1 aromatic rings. The number of halogens is 1. The molecule has 1 heterocycles. The highest BCUT2D eigenvalue weighted by atomic mass is 19.1. The molecule has 1 aromatic carbocycles. The van der Waals surface area contributed by atoms with Crippen LogP contribution < -0.4 is 4.90 Å². The van der Waals surface area contributed by atoms with Crippen LogP contribution in [0.1, 0.15) is 6.92 Å². The predicted octanol–water partition coefficient (Wildman–Crippen LogP) is 1.35. The van der Waals surface area contributed by atoms with Crippen LogP contribution in [0.5, 0.6) is 0 Å². The van der Waals surface area contributed by atoms with E-state index in [4.69, 9.17) is 4.74 Å². The van der Waals surface area contributed by atoms with Crippen molar-refractivity contribution < 1.29 is 14.2 Å². The van der Waals surface area contributed by atoms with Crippen LogP contribution in [0.2, 0.25) is 0 Å². The third-order valence-corrected chi connectivity index (χ3v) is 3.55. The Morgan fingerprint density at radius 1 is 1.20 bits per heavy atom. The van der Waals surface area contributed by atoms with Gasteiger partial charge in [0, 0.05) is 45.0 Å². The first-order valence-electron chi connectivity index (χ1n) is 7.17. The molecule has 20 heavy (non-hydrogen) atoms. The zero-order chi connectivity index (χ0) is 14.4. The van der Waals surface area contributed by atoms with E-state index in [0.717, 1.165) is 31.9 Å². The number of aliphatic hydroxyl groups excluding tert-OH is 1. The minimum Gasteiger partial charge on any atom is -0.389 e. The summed E-state index contributed by atoms with van der Waals surface area (Å²) in [4.78, 5) is 4.48. The molecule has 1 saturated heterocycles. The van der Waals surface area contributed by atoms with Crippen LogP contribution in [-0.2, 0) is 4.74 Å². The second-order valence-corrected chi connectivity index (χ2v) is 5.08. The lowest BCUT2D eigenvalue weighted by molar-refractivity contribution is 0.0202. The molecule has 2 rings (SSSR count). The highest BCUT2D eigenvalue weighted by Crippen LogP contribution is 2.16. The van der Waals surface area contributed by atoms with E-state index in [1.807, 2.05) is 19.1 Å². The van der Waals surface area contributed by atoms with Gasteiger partial charge in [-0.1, -0.05) is 0 Å². The second kappa shape index (κ2) is 7.57. The van der Waals surface area contributed by atoms with Gasteiger partial charge in [-0.15, -0.1) is 0 Å². The van der Waals surface area contributed by atoms with E-state index in [1.54, 1.807) is 0 Å². The summed E-state index contributed by atoms with van der Waals surface area (Å²) in [7, 11) is 0. The van der Waals surface area contributed by atoms with Crippen molar-refractivity contribution in [2.24, 2.45) is 0 Å². The van der Waals surface area contributed by atoms with Crippen LogP contribution in [0.3, 0.4) is 0 Å². The summed E-state index contributed by atoms with van der Waals surface area (Å²) in [5.74, 6) is -0.202. The highest BCUT2D eigenvalue weighted by molar-refractivity contribution is 5.46. The van der Waals surface area contributed by atoms with Crippen LogP contribution in [0.25, 0.3) is 0 Å². The highest BCUT2D eigenvalue weighted by Gasteiger charge is 2.19. The van der Waals surface area contributed by atoms with E-state index in [-0.39, 0.29) is 5.82 Å². The molecule has 0 spiro atoms. The van der Waals surface area contributed by atoms with Gasteiger partial charge in [0.1, 0.15) is 5.82 Å². The molecular formula is C15H23FN2O2. The third-order valence-electron chi connectivity index (χ3n) is 3.55. The van der Waals surface area contributed by atoms with E-state index in [1.165, 1.54) is 12.1 Å². The van der Waals surface area contributed by atoms with Crippen LogP contribution in [0.15, 0.2) is 24.3 Å². The number of nitrogens with zero attached hydrogens (tertiary/aromatic N) is 2. The van der Waals surface area contributed by atoms with E-state index in [9.17, 15) is 9.50 Å². The summed E-state index contributed by atoms with van der Waals surface area (Å²) < 4.78 is 18.1. The normalized spacial score (nSPS) is 18.2. The van der Waals surface area contributed by atoms with Gasteiger partial charge in [-0.05, 0) is 31.2 Å². The number of β-amino-alcohol motifs (C(OH)–C–C–N with tert-alkyl or cyclic N) is 1. The molecule has 1 aliphatic rings. The van der Waals surface area contributed by atoms with E-state index in [0.29, 0.717) is 19.8 Å². The van der Waals surface area contributed by atoms with E-state index >= 15 is 0 Å². The van der Waals surface area contributed by atoms with Crippen LogP contribution >= 0.6 is 0 Å². The Kier molecular flexibility index (Phi) is 5.76. The fraction of sp³-hybridized carbons (Fsp3) is 0.600. The lowest BCUT2D eigenvalue weighted by atomic mass is 10.2. The lowest BCUT2D eigenvalue weighted by Gasteiger charge is -2.36. The average molecular weight is 282 g/mol. The summed E-state index contributed by atoms with van der Waals surface area (Å²) in [6.07, 6.45) is -0.424. The molecule has 0 aliphatic carbocycles. The molecular weight excluding hydrogens is 259 g/mol. The largest absolute Gasteiger partial charge is 0.389 e. The molecule has 1 atom stereocenters. The van der Waals surface area contributed by atoms with Crippen molar-refractivity contribution in [2.45, 2.75) is 13.0 Å². The van der Waals surface area contributed by atoms with Gasteiger partial charge in [-0.3, -0.25) is 4.90 Å². The first-order chi connectivity index (χ1) is 9.69. The predicted molar refractivity (Wildman–Crippen MR) is 77.6 cm³/mol. The number of benzene rings is 1. The van der Waals surface area contributed by atoms with Gasteiger partial charge in [0.25, 0.3) is 0 Å². The minimum atomic E-state index is -0.424. The Hall–Kier alpha value is -1.17. The SMILES string of the molecule is CCOCC(O)CN1CCN(c2ccc(F)cc2)CC1. The van der Waals surface area contributed by atoms with Gasteiger partial charge in [0.05, 0.1) is 12.7 Å². The summed E-state index contributed by atoms with van der Waals surface area (Å²) >= 11 is 0. The summed E-state index contributed by atoms with van der Waals surface area (Å²) in [6, 6.07) is 6.62. The maximum absolute atomic E-state index is 12.9. The quantitative estimate of drug-likeness (QED) is 0.854. The number of rotatable bonds is 6. The topological polar surface area (TPSA) is 35.9 Å². The molecule has 5 heteroatoms. The zero-order valence-corrected chi connectivity index (χ0v) is 12.0. The number of piperazine rings is 1. The first kappa shape index (κ1) is 15.2. The maximum Gasteiger partial charge on any atom is 0.123 e. The summed E-state index contributed by atoms with van der Waals surface area (Å²) in [5.41, 5.74) is 1.06. The molecule has 0 bridgehead atoms. The van der Waals surface area contributed by atoms with E-state index < -0.39 is 6.10 Å². The maximum atomic E-state index is 12.9. The van der Waals surface area contributed by atoms with Crippen LogP contribution in [0, 0.1) is 5.82 Å². The fourth-order valence-corrected chi connectivity index (χ4v) is 2.45. The summed E-state index contributed by atoms with van der Waals surface area (Å²) in [5, 5.41) is 9.82. The van der Waals surface area contributed by atoms with Crippen LogP contribution in [0.4, 0.5) is 10.1 Å². The number of ether oxygens (including phenoxy) is 1. The minimum absolute atomic E-state index is 0.202. The number of anilines is 1. The molecule has 0 amide bonds. The van der Waals surface area contributed by atoms with E-state index in [2.05, 4.69) is 9.80 Å². The molecule has 1 fully saturated rings.